The fraction of sp³-hybridized carbons (Fsp3) is 0.500. The number of aliphatic hydroxyl groups is 1. The highest BCUT2D eigenvalue weighted by molar-refractivity contribution is 5.73. The first-order chi connectivity index (χ1) is 8.00. The van der Waals surface area contributed by atoms with Gasteiger partial charge in [-0.25, -0.2) is 4.98 Å². The predicted molar refractivity (Wildman–Crippen MR) is 68.1 cm³/mol. The summed E-state index contributed by atoms with van der Waals surface area (Å²) in [5.74, 6) is 0.770. The van der Waals surface area contributed by atoms with E-state index in [2.05, 4.69) is 25.8 Å². The third-order valence-electron chi connectivity index (χ3n) is 2.72. The zero-order valence-electron chi connectivity index (χ0n) is 10.7. The Balaban J connectivity index is 2.34. The maximum atomic E-state index is 8.82. The second-order valence-electron chi connectivity index (χ2n) is 5.40. The molecule has 1 aromatic heterocycles. The summed E-state index contributed by atoms with van der Waals surface area (Å²) in [7, 11) is 0. The molecule has 0 aliphatic rings. The van der Waals surface area contributed by atoms with E-state index < -0.39 is 0 Å². The summed E-state index contributed by atoms with van der Waals surface area (Å²) in [6.45, 7) is 6.49. The van der Waals surface area contributed by atoms with Crippen LogP contribution < -0.4 is 0 Å². The molecule has 0 amide bonds. The molecule has 0 aliphatic carbocycles. The fourth-order valence-corrected chi connectivity index (χ4v) is 1.73. The highest BCUT2D eigenvalue weighted by Crippen LogP contribution is 2.26. The minimum atomic E-state index is -0.0652. The van der Waals surface area contributed by atoms with Gasteiger partial charge in [-0.05, 0) is 30.5 Å². The Labute approximate surface area is 101 Å². The second kappa shape index (κ2) is 4.49. The molecule has 0 spiro atoms. The van der Waals surface area contributed by atoms with E-state index in [-0.39, 0.29) is 12.0 Å². The van der Waals surface area contributed by atoms with Crippen LogP contribution in [0.5, 0.6) is 0 Å². The Morgan fingerprint density at radius 3 is 2.71 bits per heavy atom. The van der Waals surface area contributed by atoms with E-state index in [0.29, 0.717) is 0 Å². The number of rotatable bonds is 3. The highest BCUT2D eigenvalue weighted by Gasteiger charge is 2.20. The lowest BCUT2D eigenvalue weighted by Gasteiger charge is -2.11. The predicted octanol–water partition coefficient (Wildman–Crippen LogP) is 3.05. The van der Waals surface area contributed by atoms with Crippen molar-refractivity contribution >= 4 is 11.1 Å². The van der Waals surface area contributed by atoms with Crippen LogP contribution in [0.1, 0.15) is 38.6 Å². The number of aryl methyl sites for hydroxylation is 1. The molecule has 1 aromatic carbocycles. The first-order valence-electron chi connectivity index (χ1n) is 6.01. The van der Waals surface area contributed by atoms with Crippen LogP contribution in [-0.2, 0) is 11.8 Å². The fourth-order valence-electron chi connectivity index (χ4n) is 1.73. The van der Waals surface area contributed by atoms with Crippen LogP contribution in [-0.4, -0.2) is 16.7 Å². The van der Waals surface area contributed by atoms with Crippen LogP contribution in [0, 0.1) is 0 Å². The third kappa shape index (κ3) is 2.67. The van der Waals surface area contributed by atoms with E-state index in [1.807, 2.05) is 18.2 Å². The van der Waals surface area contributed by atoms with Crippen LogP contribution in [0.25, 0.3) is 11.1 Å². The van der Waals surface area contributed by atoms with Crippen molar-refractivity contribution in [3.05, 3.63) is 29.7 Å². The molecule has 2 aromatic rings. The maximum Gasteiger partial charge on any atom is 0.200 e. The van der Waals surface area contributed by atoms with Gasteiger partial charge in [0.2, 0.25) is 5.89 Å². The number of hydrogen-bond donors (Lipinski definition) is 1. The van der Waals surface area contributed by atoms with Gasteiger partial charge < -0.3 is 9.52 Å². The lowest BCUT2D eigenvalue weighted by molar-refractivity contribution is 0.288. The van der Waals surface area contributed by atoms with Crippen molar-refractivity contribution in [1.82, 2.24) is 4.98 Å². The first kappa shape index (κ1) is 12.1. The van der Waals surface area contributed by atoms with Crippen molar-refractivity contribution < 1.29 is 9.52 Å². The van der Waals surface area contributed by atoms with Gasteiger partial charge in [0.15, 0.2) is 5.58 Å². The molecule has 0 unspecified atom stereocenters. The van der Waals surface area contributed by atoms with E-state index in [0.717, 1.165) is 29.8 Å². The quantitative estimate of drug-likeness (QED) is 0.886. The zero-order valence-corrected chi connectivity index (χ0v) is 10.7. The van der Waals surface area contributed by atoms with Crippen molar-refractivity contribution in [2.24, 2.45) is 0 Å². The minimum Gasteiger partial charge on any atom is -0.440 e. The van der Waals surface area contributed by atoms with Gasteiger partial charge >= 0.3 is 0 Å². The van der Waals surface area contributed by atoms with Crippen LogP contribution in [0.2, 0.25) is 0 Å². The Bertz CT molecular complexity index is 508. The maximum absolute atomic E-state index is 8.82. The number of benzene rings is 1. The molecule has 92 valence electrons. The number of hydrogen-bond acceptors (Lipinski definition) is 3. The van der Waals surface area contributed by atoms with Crippen LogP contribution in [0.15, 0.2) is 22.6 Å². The zero-order chi connectivity index (χ0) is 12.5. The van der Waals surface area contributed by atoms with E-state index in [4.69, 9.17) is 9.52 Å². The molecule has 0 atom stereocenters. The second-order valence-corrected chi connectivity index (χ2v) is 5.40. The Hall–Kier alpha value is -1.35. The number of nitrogens with zero attached hydrogens (tertiary/aromatic N) is 1. The van der Waals surface area contributed by atoms with Gasteiger partial charge in [0.25, 0.3) is 0 Å². The minimum absolute atomic E-state index is 0.0652. The molecule has 3 nitrogen and oxygen atoms in total. The van der Waals surface area contributed by atoms with Crippen molar-refractivity contribution in [1.29, 1.82) is 0 Å². The molecule has 0 radical (unpaired) electrons. The van der Waals surface area contributed by atoms with Crippen molar-refractivity contribution in [3.63, 3.8) is 0 Å². The van der Waals surface area contributed by atoms with Gasteiger partial charge in [0, 0.05) is 12.0 Å². The molecule has 0 aliphatic heterocycles. The molecule has 3 heteroatoms. The van der Waals surface area contributed by atoms with Gasteiger partial charge in [-0.1, -0.05) is 26.8 Å². The van der Waals surface area contributed by atoms with E-state index in [9.17, 15) is 0 Å². The molecule has 0 saturated heterocycles. The molecule has 2 rings (SSSR count). The standard InChI is InChI=1S/C14H19NO2/c1-14(2,3)13-15-11-9-10(5-4-8-16)6-7-12(11)17-13/h6-7,9,16H,4-5,8H2,1-3H3. The third-order valence-corrected chi connectivity index (χ3v) is 2.72. The Morgan fingerprint density at radius 1 is 1.29 bits per heavy atom. The number of aromatic nitrogens is 1. The molecule has 1 heterocycles. The van der Waals surface area contributed by atoms with Crippen LogP contribution in [0.4, 0.5) is 0 Å². The first-order valence-corrected chi connectivity index (χ1v) is 6.01. The van der Waals surface area contributed by atoms with Gasteiger partial charge in [-0.15, -0.1) is 0 Å². The van der Waals surface area contributed by atoms with Crippen molar-refractivity contribution in [2.45, 2.75) is 39.0 Å². The number of aliphatic hydroxyl groups excluding tert-OH is 1. The summed E-state index contributed by atoms with van der Waals surface area (Å²) >= 11 is 0. The van der Waals surface area contributed by atoms with Crippen LogP contribution >= 0.6 is 0 Å². The van der Waals surface area contributed by atoms with Gasteiger partial charge in [-0.2, -0.15) is 0 Å². The molecular formula is C14H19NO2. The lowest BCUT2D eigenvalue weighted by atomic mass is 9.97. The summed E-state index contributed by atoms with van der Waals surface area (Å²) < 4.78 is 5.73. The number of oxazole rings is 1. The molecule has 1 N–H and O–H groups in total. The smallest absolute Gasteiger partial charge is 0.200 e. The van der Waals surface area contributed by atoms with E-state index in [1.54, 1.807) is 0 Å². The number of fused-ring (bicyclic) bond motifs is 1. The lowest BCUT2D eigenvalue weighted by Crippen LogP contribution is -2.10. The van der Waals surface area contributed by atoms with Crippen LogP contribution in [0.3, 0.4) is 0 Å². The summed E-state index contributed by atoms with van der Waals surface area (Å²) in [5, 5.41) is 8.82. The average Bonchev–Trinajstić information content (AvgIpc) is 2.68. The van der Waals surface area contributed by atoms with E-state index in [1.165, 1.54) is 5.56 Å². The topological polar surface area (TPSA) is 46.3 Å². The molecule has 0 bridgehead atoms. The van der Waals surface area contributed by atoms with E-state index >= 15 is 0 Å². The summed E-state index contributed by atoms with van der Waals surface area (Å²) in [6, 6.07) is 6.05. The SMILES string of the molecule is CC(C)(C)c1nc2cc(CCCO)ccc2o1. The average molecular weight is 233 g/mol. The van der Waals surface area contributed by atoms with Crippen molar-refractivity contribution in [3.8, 4) is 0 Å². The largest absolute Gasteiger partial charge is 0.440 e. The van der Waals surface area contributed by atoms with Gasteiger partial charge in [0.1, 0.15) is 5.52 Å². The summed E-state index contributed by atoms with van der Waals surface area (Å²) in [4.78, 5) is 4.52. The normalized spacial score (nSPS) is 12.2. The van der Waals surface area contributed by atoms with Crippen molar-refractivity contribution in [2.75, 3.05) is 6.61 Å². The molecule has 17 heavy (non-hydrogen) atoms. The monoisotopic (exact) mass is 233 g/mol. The van der Waals surface area contributed by atoms with Gasteiger partial charge in [-0.3, -0.25) is 0 Å². The Morgan fingerprint density at radius 2 is 2.06 bits per heavy atom. The van der Waals surface area contributed by atoms with Gasteiger partial charge in [0.05, 0.1) is 0 Å². The summed E-state index contributed by atoms with van der Waals surface area (Å²) in [5.41, 5.74) is 2.87. The highest BCUT2D eigenvalue weighted by atomic mass is 16.3. The summed E-state index contributed by atoms with van der Waals surface area (Å²) in [6.07, 6.45) is 1.67. The Kier molecular flexibility index (Phi) is 3.20. The molecule has 0 saturated carbocycles. The molecule has 0 fully saturated rings. The molecular weight excluding hydrogens is 214 g/mol.